The third-order valence-corrected chi connectivity index (χ3v) is 5.32. The maximum absolute atomic E-state index is 12.5. The van der Waals surface area contributed by atoms with Gasteiger partial charge in [0.2, 0.25) is 11.9 Å². The van der Waals surface area contributed by atoms with Gasteiger partial charge in [-0.05, 0) is 25.2 Å². The van der Waals surface area contributed by atoms with Crippen LogP contribution < -0.4 is 15.1 Å². The summed E-state index contributed by atoms with van der Waals surface area (Å²) in [6.07, 6.45) is 8.72. The summed E-state index contributed by atoms with van der Waals surface area (Å²) in [7, 11) is 1.80. The van der Waals surface area contributed by atoms with Crippen molar-refractivity contribution in [1.29, 1.82) is 0 Å². The van der Waals surface area contributed by atoms with Crippen LogP contribution in [0.3, 0.4) is 0 Å². The van der Waals surface area contributed by atoms with Crippen LogP contribution >= 0.6 is 0 Å². The lowest BCUT2D eigenvalue weighted by molar-refractivity contribution is -0.119. The Hall–Kier alpha value is -2.64. The molecule has 0 aliphatic carbocycles. The Balaban J connectivity index is 1.45. The van der Waals surface area contributed by atoms with E-state index in [4.69, 9.17) is 4.98 Å². The van der Waals surface area contributed by atoms with Crippen molar-refractivity contribution in [2.24, 2.45) is 5.92 Å². The number of hydrogen-bond donors (Lipinski definition) is 1. The molecule has 0 aromatic carbocycles. The van der Waals surface area contributed by atoms with Crippen LogP contribution in [-0.4, -0.2) is 45.3 Å². The summed E-state index contributed by atoms with van der Waals surface area (Å²) in [5, 5.41) is 7.71. The average Bonchev–Trinajstić information content (AvgIpc) is 3.32. The minimum atomic E-state index is -0.0792. The van der Waals surface area contributed by atoms with E-state index in [1.807, 2.05) is 10.9 Å². The maximum Gasteiger partial charge on any atom is 0.249 e. The molecule has 0 spiro atoms. The van der Waals surface area contributed by atoms with Gasteiger partial charge in [-0.1, -0.05) is 13.8 Å². The molecule has 1 N–H and O–H groups in total. The fourth-order valence-electron chi connectivity index (χ4n) is 3.71. The van der Waals surface area contributed by atoms with E-state index in [0.717, 1.165) is 49.4 Å². The lowest BCUT2D eigenvalue weighted by atomic mass is 10.1. The second-order valence-corrected chi connectivity index (χ2v) is 7.80. The Morgan fingerprint density at radius 2 is 2.19 bits per heavy atom. The number of carbonyl (C=O) groups is 1. The van der Waals surface area contributed by atoms with Crippen molar-refractivity contribution in [3.8, 4) is 0 Å². The van der Waals surface area contributed by atoms with E-state index in [2.05, 4.69) is 40.3 Å². The first-order chi connectivity index (χ1) is 13.0. The molecule has 4 rings (SSSR count). The van der Waals surface area contributed by atoms with Crippen LogP contribution in [0.5, 0.6) is 0 Å². The van der Waals surface area contributed by atoms with Crippen molar-refractivity contribution >= 4 is 23.4 Å². The van der Waals surface area contributed by atoms with E-state index in [1.54, 1.807) is 18.1 Å². The summed E-state index contributed by atoms with van der Waals surface area (Å²) < 4.78 is 1.99. The number of nitrogens with one attached hydrogen (secondary N) is 1. The van der Waals surface area contributed by atoms with Crippen LogP contribution in [0, 0.1) is 5.92 Å². The molecule has 144 valence electrons. The Kier molecular flexibility index (Phi) is 4.72. The summed E-state index contributed by atoms with van der Waals surface area (Å²) in [4.78, 5) is 25.4. The lowest BCUT2D eigenvalue weighted by Crippen LogP contribution is -2.49. The molecule has 1 amide bonds. The number of amides is 1. The van der Waals surface area contributed by atoms with Crippen molar-refractivity contribution in [3.05, 3.63) is 24.2 Å². The van der Waals surface area contributed by atoms with Crippen LogP contribution in [0.25, 0.3) is 0 Å². The van der Waals surface area contributed by atoms with Gasteiger partial charge >= 0.3 is 0 Å². The zero-order valence-electron chi connectivity index (χ0n) is 16.2. The lowest BCUT2D eigenvalue weighted by Gasteiger charge is -2.36. The number of likely N-dealkylation sites (N-methyl/N-ethyl adjacent to an activating group) is 1. The van der Waals surface area contributed by atoms with Gasteiger partial charge in [0.15, 0.2) is 5.82 Å². The van der Waals surface area contributed by atoms with E-state index in [0.29, 0.717) is 18.4 Å². The highest BCUT2D eigenvalue weighted by Gasteiger charge is 2.40. The van der Waals surface area contributed by atoms with Gasteiger partial charge < -0.3 is 15.1 Å². The number of fused-ring (bicyclic) bond motifs is 3. The topological polar surface area (TPSA) is 79.2 Å². The summed E-state index contributed by atoms with van der Waals surface area (Å²) in [6.45, 7) is 6.86. The first-order valence-electron chi connectivity index (χ1n) is 9.69. The highest BCUT2D eigenvalue weighted by molar-refractivity contribution is 6.04. The van der Waals surface area contributed by atoms with E-state index in [1.165, 1.54) is 0 Å². The molecule has 8 heteroatoms. The molecule has 8 nitrogen and oxygen atoms in total. The van der Waals surface area contributed by atoms with Crippen molar-refractivity contribution < 1.29 is 4.79 Å². The van der Waals surface area contributed by atoms with Gasteiger partial charge in [-0.3, -0.25) is 9.48 Å². The molecule has 0 bridgehead atoms. The van der Waals surface area contributed by atoms with Crippen LogP contribution in [0.4, 0.5) is 17.5 Å². The normalized spacial score (nSPS) is 18.8. The van der Waals surface area contributed by atoms with E-state index in [-0.39, 0.29) is 11.9 Å². The van der Waals surface area contributed by atoms with Gasteiger partial charge in [0.25, 0.3) is 0 Å². The summed E-state index contributed by atoms with van der Waals surface area (Å²) in [5.74, 6) is 2.24. The fraction of sp³-hybridized carbons (Fsp3) is 0.579. The van der Waals surface area contributed by atoms with Crippen molar-refractivity contribution in [2.75, 3.05) is 28.7 Å². The quantitative estimate of drug-likeness (QED) is 0.842. The molecule has 1 atom stereocenters. The molecule has 4 heterocycles. The number of carbonyl (C=O) groups excluding carboxylic acids is 1. The predicted molar refractivity (Wildman–Crippen MR) is 105 cm³/mol. The predicted octanol–water partition coefficient (Wildman–Crippen LogP) is 2.28. The first kappa shape index (κ1) is 17.8. The van der Waals surface area contributed by atoms with Crippen molar-refractivity contribution in [2.45, 2.75) is 52.2 Å². The molecule has 0 radical (unpaired) electrons. The molecule has 2 aliphatic rings. The Bertz CT molecular complexity index is 831. The smallest absolute Gasteiger partial charge is 0.249 e. The number of aryl methyl sites for hydroxylation is 1. The van der Waals surface area contributed by atoms with Gasteiger partial charge in [-0.25, -0.2) is 4.98 Å². The summed E-state index contributed by atoms with van der Waals surface area (Å²) in [6, 6.07) is -0.0792. The first-order valence-corrected chi connectivity index (χ1v) is 9.69. The van der Waals surface area contributed by atoms with Gasteiger partial charge in [0, 0.05) is 38.4 Å². The molecule has 1 saturated heterocycles. The summed E-state index contributed by atoms with van der Waals surface area (Å²) in [5.41, 5.74) is 1.89. The van der Waals surface area contributed by atoms with Gasteiger partial charge in [-0.2, -0.15) is 10.1 Å². The molecular formula is C19H27N7O. The minimum absolute atomic E-state index is 0.0792. The van der Waals surface area contributed by atoms with Crippen molar-refractivity contribution in [3.63, 3.8) is 0 Å². The SMILES string of the molecule is CC(C)CCn1cc(CNc2ncc3c(n2)N2CCCC2C(=O)N3C)cn1. The van der Waals surface area contributed by atoms with Crippen LogP contribution in [0.2, 0.25) is 0 Å². The van der Waals surface area contributed by atoms with Crippen molar-refractivity contribution in [1.82, 2.24) is 19.7 Å². The maximum atomic E-state index is 12.5. The van der Waals surface area contributed by atoms with Crippen LogP contribution in [0.1, 0.15) is 38.7 Å². The second kappa shape index (κ2) is 7.17. The molecule has 1 unspecified atom stereocenters. The third kappa shape index (κ3) is 3.48. The van der Waals surface area contributed by atoms with Crippen LogP contribution in [0.15, 0.2) is 18.6 Å². The summed E-state index contributed by atoms with van der Waals surface area (Å²) >= 11 is 0. The monoisotopic (exact) mass is 369 g/mol. The largest absolute Gasteiger partial charge is 0.350 e. The number of anilines is 3. The standard InChI is InChI=1S/C19H27N7O/c1-13(2)6-8-25-12-14(10-22-25)9-20-19-21-11-16-17(23-19)26-7-4-5-15(26)18(27)24(16)3/h10-13,15H,4-9H2,1-3H3,(H,20,21,23). The number of hydrogen-bond acceptors (Lipinski definition) is 6. The van der Waals surface area contributed by atoms with E-state index >= 15 is 0 Å². The molecule has 2 aromatic rings. The third-order valence-electron chi connectivity index (χ3n) is 5.32. The Morgan fingerprint density at radius 1 is 1.33 bits per heavy atom. The molecule has 0 saturated carbocycles. The highest BCUT2D eigenvalue weighted by Crippen LogP contribution is 2.37. The number of nitrogens with zero attached hydrogens (tertiary/aromatic N) is 6. The molecular weight excluding hydrogens is 342 g/mol. The van der Waals surface area contributed by atoms with Gasteiger partial charge in [0.1, 0.15) is 11.7 Å². The second-order valence-electron chi connectivity index (χ2n) is 7.80. The zero-order chi connectivity index (χ0) is 19.0. The molecule has 2 aromatic heterocycles. The van der Waals surface area contributed by atoms with E-state index in [9.17, 15) is 4.79 Å². The average molecular weight is 369 g/mol. The van der Waals surface area contributed by atoms with Crippen LogP contribution in [-0.2, 0) is 17.9 Å². The Morgan fingerprint density at radius 3 is 3.00 bits per heavy atom. The minimum Gasteiger partial charge on any atom is -0.350 e. The molecule has 2 aliphatic heterocycles. The fourth-order valence-corrected chi connectivity index (χ4v) is 3.71. The van der Waals surface area contributed by atoms with Gasteiger partial charge in [-0.15, -0.1) is 0 Å². The molecule has 1 fully saturated rings. The zero-order valence-corrected chi connectivity index (χ0v) is 16.2. The highest BCUT2D eigenvalue weighted by atomic mass is 16.2. The molecule has 27 heavy (non-hydrogen) atoms. The number of aromatic nitrogens is 4. The van der Waals surface area contributed by atoms with Gasteiger partial charge in [0.05, 0.1) is 12.4 Å². The Labute approximate surface area is 159 Å². The number of rotatable bonds is 6. The van der Waals surface area contributed by atoms with E-state index < -0.39 is 0 Å².